The summed E-state index contributed by atoms with van der Waals surface area (Å²) in [5.74, 6) is -0.258. The fourth-order valence-corrected chi connectivity index (χ4v) is 0.729. The van der Waals surface area contributed by atoms with Gasteiger partial charge in [-0.3, -0.25) is 4.79 Å². The third-order valence-electron chi connectivity index (χ3n) is 0.952. The van der Waals surface area contributed by atoms with Crippen LogP contribution in [0.25, 0.3) is 0 Å². The van der Waals surface area contributed by atoms with Gasteiger partial charge in [0.2, 0.25) is 0 Å². The van der Waals surface area contributed by atoms with Crippen LogP contribution in [-0.4, -0.2) is 12.6 Å². The molecule has 0 N–H and O–H groups in total. The number of ether oxygens (including phenoxy) is 1. The zero-order valence-electron chi connectivity index (χ0n) is 6.27. The van der Waals surface area contributed by atoms with Crippen molar-refractivity contribution in [3.05, 3.63) is 10.6 Å². The Morgan fingerprint density at radius 2 is 2.18 bits per heavy atom. The van der Waals surface area contributed by atoms with Crippen molar-refractivity contribution in [2.75, 3.05) is 6.61 Å². The van der Waals surface area contributed by atoms with Gasteiger partial charge >= 0.3 is 5.97 Å². The topological polar surface area (TPSA) is 26.3 Å². The Hall–Kier alpha value is -0.210. The average molecular weight is 197 g/mol. The third-order valence-corrected chi connectivity index (χ3v) is 1.26. The SMILES string of the molecule is CC(=O)OCCCC=C(Cl)Cl. The van der Waals surface area contributed by atoms with E-state index in [4.69, 9.17) is 23.2 Å². The summed E-state index contributed by atoms with van der Waals surface area (Å²) in [6.45, 7) is 1.80. The van der Waals surface area contributed by atoms with E-state index in [1.54, 1.807) is 6.08 Å². The zero-order chi connectivity index (χ0) is 8.69. The Morgan fingerprint density at radius 3 is 2.64 bits per heavy atom. The molecule has 0 aromatic heterocycles. The molecule has 64 valence electrons. The molecule has 0 spiro atoms. The van der Waals surface area contributed by atoms with Gasteiger partial charge < -0.3 is 4.74 Å². The quantitative estimate of drug-likeness (QED) is 0.511. The minimum atomic E-state index is -0.258. The normalized spacial score (nSPS) is 9.00. The van der Waals surface area contributed by atoms with E-state index in [1.165, 1.54) is 6.92 Å². The maximum atomic E-state index is 10.3. The minimum absolute atomic E-state index is 0.257. The van der Waals surface area contributed by atoms with Crippen molar-refractivity contribution in [3.63, 3.8) is 0 Å². The number of rotatable bonds is 4. The van der Waals surface area contributed by atoms with Gasteiger partial charge in [-0.25, -0.2) is 0 Å². The summed E-state index contributed by atoms with van der Waals surface area (Å²) in [4.78, 5) is 10.3. The van der Waals surface area contributed by atoms with Crippen LogP contribution in [0.5, 0.6) is 0 Å². The van der Waals surface area contributed by atoms with E-state index in [-0.39, 0.29) is 10.5 Å². The molecule has 0 heterocycles. The molecule has 0 atom stereocenters. The summed E-state index contributed by atoms with van der Waals surface area (Å²) in [6, 6.07) is 0. The molecular weight excluding hydrogens is 187 g/mol. The maximum absolute atomic E-state index is 10.3. The molecule has 0 rings (SSSR count). The van der Waals surface area contributed by atoms with Crippen LogP contribution in [0.15, 0.2) is 10.6 Å². The highest BCUT2D eigenvalue weighted by atomic mass is 35.5. The highest BCUT2D eigenvalue weighted by molar-refractivity contribution is 6.55. The Balaban J connectivity index is 3.15. The zero-order valence-corrected chi connectivity index (χ0v) is 7.78. The predicted octanol–water partition coefficient (Wildman–Crippen LogP) is 2.65. The van der Waals surface area contributed by atoms with Crippen LogP contribution < -0.4 is 0 Å². The smallest absolute Gasteiger partial charge is 0.302 e. The summed E-state index contributed by atoms with van der Waals surface area (Å²) >= 11 is 10.7. The standard InChI is InChI=1S/C7H10Cl2O2/c1-6(10)11-5-3-2-4-7(8)9/h4H,2-3,5H2,1H3. The molecule has 0 aliphatic carbocycles. The molecular formula is C7H10Cl2O2. The van der Waals surface area contributed by atoms with Crippen molar-refractivity contribution < 1.29 is 9.53 Å². The van der Waals surface area contributed by atoms with Gasteiger partial charge in [-0.05, 0) is 12.8 Å². The summed E-state index contributed by atoms with van der Waals surface area (Å²) in [5, 5.41) is 0. The second kappa shape index (κ2) is 6.50. The molecule has 0 saturated heterocycles. The highest BCUT2D eigenvalue weighted by Gasteiger charge is 1.91. The van der Waals surface area contributed by atoms with Crippen molar-refractivity contribution in [1.29, 1.82) is 0 Å². The lowest BCUT2D eigenvalue weighted by molar-refractivity contribution is -0.141. The van der Waals surface area contributed by atoms with E-state index in [2.05, 4.69) is 4.74 Å². The van der Waals surface area contributed by atoms with Gasteiger partial charge in [0.05, 0.1) is 6.61 Å². The lowest BCUT2D eigenvalue weighted by Crippen LogP contribution is -1.99. The van der Waals surface area contributed by atoms with Crippen LogP contribution in [0.2, 0.25) is 0 Å². The molecule has 0 fully saturated rings. The molecule has 0 aliphatic rings. The van der Waals surface area contributed by atoms with Gasteiger partial charge in [0.1, 0.15) is 4.49 Å². The van der Waals surface area contributed by atoms with Crippen LogP contribution in [0, 0.1) is 0 Å². The second-order valence-corrected chi connectivity index (χ2v) is 2.98. The first-order valence-corrected chi connectivity index (χ1v) is 4.03. The Morgan fingerprint density at radius 1 is 1.55 bits per heavy atom. The molecule has 4 heteroatoms. The van der Waals surface area contributed by atoms with E-state index < -0.39 is 0 Å². The monoisotopic (exact) mass is 196 g/mol. The van der Waals surface area contributed by atoms with Crippen LogP contribution >= 0.6 is 23.2 Å². The van der Waals surface area contributed by atoms with Crippen LogP contribution in [0.1, 0.15) is 19.8 Å². The molecule has 0 aromatic rings. The van der Waals surface area contributed by atoms with Crippen LogP contribution in [0.4, 0.5) is 0 Å². The van der Waals surface area contributed by atoms with Gasteiger partial charge in [-0.15, -0.1) is 0 Å². The van der Waals surface area contributed by atoms with Gasteiger partial charge in [0, 0.05) is 6.92 Å². The second-order valence-electron chi connectivity index (χ2n) is 1.98. The molecule has 0 aliphatic heterocycles. The summed E-state index contributed by atoms with van der Waals surface area (Å²) in [5.41, 5.74) is 0. The first kappa shape index (κ1) is 10.8. The number of hydrogen-bond donors (Lipinski definition) is 0. The van der Waals surface area contributed by atoms with Crippen LogP contribution in [-0.2, 0) is 9.53 Å². The summed E-state index contributed by atoms with van der Waals surface area (Å²) in [6.07, 6.45) is 3.16. The van der Waals surface area contributed by atoms with Crippen molar-refractivity contribution in [1.82, 2.24) is 0 Å². The number of hydrogen-bond acceptors (Lipinski definition) is 2. The lowest BCUT2D eigenvalue weighted by Gasteiger charge is -1.97. The number of allylic oxidation sites excluding steroid dienone is 1. The van der Waals surface area contributed by atoms with E-state index in [9.17, 15) is 4.79 Å². The molecule has 0 amide bonds. The van der Waals surface area contributed by atoms with Gasteiger partial charge in [0.15, 0.2) is 0 Å². The van der Waals surface area contributed by atoms with E-state index in [0.29, 0.717) is 6.61 Å². The molecule has 0 radical (unpaired) electrons. The minimum Gasteiger partial charge on any atom is -0.466 e. The van der Waals surface area contributed by atoms with Gasteiger partial charge in [-0.1, -0.05) is 29.3 Å². The third kappa shape index (κ3) is 9.79. The average Bonchev–Trinajstić information content (AvgIpc) is 1.85. The summed E-state index contributed by atoms with van der Waals surface area (Å²) < 4.78 is 4.93. The fraction of sp³-hybridized carbons (Fsp3) is 0.571. The van der Waals surface area contributed by atoms with Crippen LogP contribution in [0.3, 0.4) is 0 Å². The first-order chi connectivity index (χ1) is 5.13. The van der Waals surface area contributed by atoms with E-state index in [1.807, 2.05) is 0 Å². The van der Waals surface area contributed by atoms with E-state index >= 15 is 0 Å². The Kier molecular flexibility index (Phi) is 6.37. The largest absolute Gasteiger partial charge is 0.466 e. The first-order valence-electron chi connectivity index (χ1n) is 3.27. The van der Waals surface area contributed by atoms with Gasteiger partial charge in [-0.2, -0.15) is 0 Å². The molecule has 0 unspecified atom stereocenters. The number of carbonyl (C=O) groups is 1. The number of esters is 1. The highest BCUT2D eigenvalue weighted by Crippen LogP contribution is 2.08. The summed E-state index contributed by atoms with van der Waals surface area (Å²) in [7, 11) is 0. The van der Waals surface area contributed by atoms with Crippen molar-refractivity contribution >= 4 is 29.2 Å². The predicted molar refractivity (Wildman–Crippen MR) is 45.7 cm³/mol. The van der Waals surface area contributed by atoms with E-state index in [0.717, 1.165) is 12.8 Å². The Labute approximate surface area is 76.1 Å². The molecule has 11 heavy (non-hydrogen) atoms. The lowest BCUT2D eigenvalue weighted by atomic mass is 10.3. The Bertz CT molecular complexity index is 151. The maximum Gasteiger partial charge on any atom is 0.302 e. The van der Waals surface area contributed by atoms with Crippen molar-refractivity contribution in [2.24, 2.45) is 0 Å². The molecule has 0 bridgehead atoms. The van der Waals surface area contributed by atoms with Gasteiger partial charge in [0.25, 0.3) is 0 Å². The number of halogens is 2. The molecule has 0 aromatic carbocycles. The van der Waals surface area contributed by atoms with Crippen molar-refractivity contribution in [2.45, 2.75) is 19.8 Å². The molecule has 2 nitrogen and oxygen atoms in total. The molecule has 0 saturated carbocycles. The fourth-order valence-electron chi connectivity index (χ4n) is 0.510. The van der Waals surface area contributed by atoms with Crippen molar-refractivity contribution in [3.8, 4) is 0 Å². The number of carbonyl (C=O) groups excluding carboxylic acids is 1. The number of unbranched alkanes of at least 4 members (excludes halogenated alkanes) is 1.